The maximum atomic E-state index is 12.4. The molecule has 1 atom stereocenters. The first-order chi connectivity index (χ1) is 10.2. The molecule has 1 amide bonds. The number of benzene rings is 2. The summed E-state index contributed by atoms with van der Waals surface area (Å²) in [6.45, 7) is 2.86. The van der Waals surface area contributed by atoms with Gasteiger partial charge in [-0.3, -0.25) is 4.79 Å². The van der Waals surface area contributed by atoms with Crippen LogP contribution in [-0.2, 0) is 11.3 Å². The SMILES string of the molecule is CCC(C(=O)Nc1ccc(CNC)cc1)c1ccccc1.Cl. The summed E-state index contributed by atoms with van der Waals surface area (Å²) in [4.78, 5) is 12.4. The maximum Gasteiger partial charge on any atom is 0.231 e. The van der Waals surface area contributed by atoms with Crippen LogP contribution in [0.2, 0.25) is 0 Å². The second-order valence-electron chi connectivity index (χ2n) is 5.09. The van der Waals surface area contributed by atoms with Crippen LogP contribution < -0.4 is 10.6 Å². The van der Waals surface area contributed by atoms with Crippen LogP contribution in [0.5, 0.6) is 0 Å². The summed E-state index contributed by atoms with van der Waals surface area (Å²) in [5, 5.41) is 6.11. The molecule has 4 heteroatoms. The van der Waals surface area contributed by atoms with E-state index in [1.54, 1.807) is 0 Å². The molecule has 0 radical (unpaired) electrons. The zero-order valence-corrected chi connectivity index (χ0v) is 13.8. The summed E-state index contributed by atoms with van der Waals surface area (Å²) < 4.78 is 0. The van der Waals surface area contributed by atoms with Gasteiger partial charge in [0.05, 0.1) is 5.92 Å². The number of anilines is 1. The molecule has 0 bridgehead atoms. The smallest absolute Gasteiger partial charge is 0.231 e. The van der Waals surface area contributed by atoms with Crippen molar-refractivity contribution >= 4 is 24.0 Å². The van der Waals surface area contributed by atoms with E-state index in [0.29, 0.717) is 0 Å². The average Bonchev–Trinajstić information content (AvgIpc) is 2.51. The summed E-state index contributed by atoms with van der Waals surface area (Å²) in [5.41, 5.74) is 3.10. The Bertz CT molecular complexity index is 569. The molecule has 0 fully saturated rings. The quantitative estimate of drug-likeness (QED) is 0.846. The van der Waals surface area contributed by atoms with Crippen molar-refractivity contribution in [2.24, 2.45) is 0 Å². The Hall–Kier alpha value is -1.84. The molecular weight excluding hydrogens is 296 g/mol. The summed E-state index contributed by atoms with van der Waals surface area (Å²) in [7, 11) is 1.92. The first kappa shape index (κ1) is 18.2. The molecule has 0 heterocycles. The van der Waals surface area contributed by atoms with Gasteiger partial charge in [0.1, 0.15) is 0 Å². The molecule has 118 valence electrons. The van der Waals surface area contributed by atoms with E-state index in [1.807, 2.05) is 68.6 Å². The fraction of sp³-hybridized carbons (Fsp3) is 0.278. The van der Waals surface area contributed by atoms with Crippen molar-refractivity contribution in [3.63, 3.8) is 0 Å². The van der Waals surface area contributed by atoms with Crippen molar-refractivity contribution in [1.29, 1.82) is 0 Å². The van der Waals surface area contributed by atoms with Gasteiger partial charge in [0.2, 0.25) is 5.91 Å². The Morgan fingerprint density at radius 3 is 2.23 bits per heavy atom. The van der Waals surface area contributed by atoms with Crippen LogP contribution in [-0.4, -0.2) is 13.0 Å². The van der Waals surface area contributed by atoms with Gasteiger partial charge in [0.25, 0.3) is 0 Å². The third-order valence-electron chi connectivity index (χ3n) is 3.53. The van der Waals surface area contributed by atoms with Gasteiger partial charge in [-0.05, 0) is 36.7 Å². The minimum Gasteiger partial charge on any atom is -0.326 e. The summed E-state index contributed by atoms with van der Waals surface area (Å²) in [6, 6.07) is 17.9. The van der Waals surface area contributed by atoms with E-state index in [9.17, 15) is 4.79 Å². The molecule has 0 saturated carbocycles. The van der Waals surface area contributed by atoms with Crippen LogP contribution in [0.1, 0.15) is 30.4 Å². The molecule has 22 heavy (non-hydrogen) atoms. The summed E-state index contributed by atoms with van der Waals surface area (Å²) in [6.07, 6.45) is 0.785. The predicted octanol–water partition coefficient (Wildman–Crippen LogP) is 3.96. The van der Waals surface area contributed by atoms with Gasteiger partial charge in [0.15, 0.2) is 0 Å². The summed E-state index contributed by atoms with van der Waals surface area (Å²) >= 11 is 0. The van der Waals surface area contributed by atoms with Crippen LogP contribution in [0.4, 0.5) is 5.69 Å². The summed E-state index contributed by atoms with van der Waals surface area (Å²) in [5.74, 6) is -0.0618. The molecule has 2 rings (SSSR count). The Morgan fingerprint density at radius 1 is 1.05 bits per heavy atom. The van der Waals surface area contributed by atoms with Gasteiger partial charge in [-0.15, -0.1) is 12.4 Å². The van der Waals surface area contributed by atoms with Crippen molar-refractivity contribution in [3.05, 3.63) is 65.7 Å². The van der Waals surface area contributed by atoms with Gasteiger partial charge in [0, 0.05) is 12.2 Å². The highest BCUT2D eigenvalue weighted by Crippen LogP contribution is 2.21. The highest BCUT2D eigenvalue weighted by atomic mass is 35.5. The Kier molecular flexibility index (Phi) is 7.64. The molecule has 2 aromatic rings. The zero-order valence-electron chi connectivity index (χ0n) is 13.0. The van der Waals surface area contributed by atoms with E-state index >= 15 is 0 Å². The molecule has 0 aliphatic rings. The standard InChI is InChI=1S/C18H22N2O.ClH/c1-3-17(15-7-5-4-6-8-15)18(21)20-16-11-9-14(10-12-16)13-19-2;/h4-12,17,19H,3,13H2,1-2H3,(H,20,21);1H. The fourth-order valence-corrected chi connectivity index (χ4v) is 2.40. The first-order valence-electron chi connectivity index (χ1n) is 7.34. The number of amides is 1. The number of hydrogen-bond donors (Lipinski definition) is 2. The highest BCUT2D eigenvalue weighted by molar-refractivity contribution is 5.95. The minimum atomic E-state index is -0.108. The van der Waals surface area contributed by atoms with E-state index in [-0.39, 0.29) is 24.2 Å². The van der Waals surface area contributed by atoms with Crippen molar-refractivity contribution in [2.75, 3.05) is 12.4 Å². The Morgan fingerprint density at radius 2 is 1.68 bits per heavy atom. The molecule has 0 aliphatic carbocycles. The van der Waals surface area contributed by atoms with Crippen LogP contribution in [0.15, 0.2) is 54.6 Å². The molecule has 2 aromatic carbocycles. The largest absolute Gasteiger partial charge is 0.326 e. The van der Waals surface area contributed by atoms with Gasteiger partial charge in [-0.1, -0.05) is 49.4 Å². The predicted molar refractivity (Wildman–Crippen MR) is 94.6 cm³/mol. The van der Waals surface area contributed by atoms with Crippen molar-refractivity contribution < 1.29 is 4.79 Å². The van der Waals surface area contributed by atoms with E-state index in [2.05, 4.69) is 10.6 Å². The van der Waals surface area contributed by atoms with Gasteiger partial charge in [-0.2, -0.15) is 0 Å². The normalized spacial score (nSPS) is 11.4. The number of hydrogen-bond acceptors (Lipinski definition) is 2. The lowest BCUT2D eigenvalue weighted by atomic mass is 9.95. The second-order valence-corrected chi connectivity index (χ2v) is 5.09. The average molecular weight is 319 g/mol. The lowest BCUT2D eigenvalue weighted by Gasteiger charge is -2.15. The lowest BCUT2D eigenvalue weighted by Crippen LogP contribution is -2.20. The zero-order chi connectivity index (χ0) is 15.1. The number of nitrogens with one attached hydrogen (secondary N) is 2. The highest BCUT2D eigenvalue weighted by Gasteiger charge is 2.18. The fourth-order valence-electron chi connectivity index (χ4n) is 2.40. The molecule has 0 saturated heterocycles. The van der Waals surface area contributed by atoms with Crippen LogP contribution >= 0.6 is 12.4 Å². The Labute approximate surface area is 138 Å². The molecule has 1 unspecified atom stereocenters. The third kappa shape index (κ3) is 4.86. The molecule has 3 nitrogen and oxygen atoms in total. The van der Waals surface area contributed by atoms with Crippen molar-refractivity contribution in [1.82, 2.24) is 5.32 Å². The van der Waals surface area contributed by atoms with Crippen LogP contribution in [0.3, 0.4) is 0 Å². The first-order valence-corrected chi connectivity index (χ1v) is 7.34. The molecule has 2 N–H and O–H groups in total. The van der Waals surface area contributed by atoms with E-state index in [4.69, 9.17) is 0 Å². The van der Waals surface area contributed by atoms with E-state index in [1.165, 1.54) is 5.56 Å². The number of carbonyl (C=O) groups is 1. The Balaban J connectivity index is 0.00000242. The third-order valence-corrected chi connectivity index (χ3v) is 3.53. The van der Waals surface area contributed by atoms with Gasteiger partial charge < -0.3 is 10.6 Å². The van der Waals surface area contributed by atoms with E-state index in [0.717, 1.165) is 24.2 Å². The van der Waals surface area contributed by atoms with E-state index < -0.39 is 0 Å². The number of carbonyl (C=O) groups excluding carboxylic acids is 1. The van der Waals surface area contributed by atoms with Crippen molar-refractivity contribution in [3.8, 4) is 0 Å². The molecule has 0 aliphatic heterocycles. The van der Waals surface area contributed by atoms with Gasteiger partial charge in [-0.25, -0.2) is 0 Å². The molecule has 0 aromatic heterocycles. The topological polar surface area (TPSA) is 41.1 Å². The van der Waals surface area contributed by atoms with Crippen molar-refractivity contribution in [2.45, 2.75) is 25.8 Å². The van der Waals surface area contributed by atoms with Crippen LogP contribution in [0, 0.1) is 0 Å². The maximum absolute atomic E-state index is 12.4. The number of rotatable bonds is 6. The lowest BCUT2D eigenvalue weighted by molar-refractivity contribution is -0.117. The molecular formula is C18H23ClN2O. The molecule has 0 spiro atoms. The minimum absolute atomic E-state index is 0. The van der Waals surface area contributed by atoms with Crippen LogP contribution in [0.25, 0.3) is 0 Å². The van der Waals surface area contributed by atoms with Gasteiger partial charge >= 0.3 is 0 Å². The second kappa shape index (κ2) is 9.23. The monoisotopic (exact) mass is 318 g/mol. The number of halogens is 1.